The zero-order chi connectivity index (χ0) is 14.6. The van der Waals surface area contributed by atoms with Crippen LogP contribution in [0.15, 0.2) is 30.3 Å². The van der Waals surface area contributed by atoms with Crippen molar-refractivity contribution in [1.29, 1.82) is 0 Å². The fraction of sp³-hybridized carbons (Fsp3) is 0.667. The molecule has 0 radical (unpaired) electrons. The van der Waals surface area contributed by atoms with Crippen LogP contribution in [0.25, 0.3) is 0 Å². The van der Waals surface area contributed by atoms with Gasteiger partial charge < -0.3 is 9.47 Å². The standard InChI is InChI=1S/C18H22O4/c1-2-5-13(6-3-1)17-11-9-14-7-4-8-15-10-12-19-16(20-17)18(14,15)22-21-17/h1-3,5-6,14-16H,4,7-12H2/t14-,15+,16+,17+,18-/m1/s1. The van der Waals surface area contributed by atoms with E-state index in [9.17, 15) is 0 Å². The Bertz CT molecular complexity index is 559. The lowest BCUT2D eigenvalue weighted by atomic mass is 9.65. The molecule has 4 heteroatoms. The van der Waals surface area contributed by atoms with Gasteiger partial charge in [-0.25, -0.2) is 4.89 Å². The summed E-state index contributed by atoms with van der Waals surface area (Å²) in [5.41, 5.74) is 0.639. The number of hydrogen-bond donors (Lipinski definition) is 0. The van der Waals surface area contributed by atoms with E-state index in [0.717, 1.165) is 31.4 Å². The van der Waals surface area contributed by atoms with Crippen LogP contribution in [0.3, 0.4) is 0 Å². The van der Waals surface area contributed by atoms with Crippen molar-refractivity contribution < 1.29 is 19.2 Å². The monoisotopic (exact) mass is 302 g/mol. The first kappa shape index (κ1) is 13.5. The van der Waals surface area contributed by atoms with E-state index in [1.165, 1.54) is 19.3 Å². The Hall–Kier alpha value is -0.940. The maximum Gasteiger partial charge on any atom is 0.230 e. The van der Waals surface area contributed by atoms with Crippen LogP contribution in [0.4, 0.5) is 0 Å². The Balaban J connectivity index is 1.59. The van der Waals surface area contributed by atoms with Gasteiger partial charge in [0.15, 0.2) is 11.9 Å². The molecule has 1 aromatic carbocycles. The largest absolute Gasteiger partial charge is 0.349 e. The highest BCUT2D eigenvalue weighted by Crippen LogP contribution is 2.58. The van der Waals surface area contributed by atoms with E-state index in [1.54, 1.807) is 0 Å². The molecule has 1 aliphatic carbocycles. The average Bonchev–Trinajstić information content (AvgIpc) is 2.84. The van der Waals surface area contributed by atoms with Gasteiger partial charge in [-0.2, -0.15) is 4.89 Å². The number of ether oxygens (including phenoxy) is 2. The lowest BCUT2D eigenvalue weighted by Crippen LogP contribution is -2.65. The summed E-state index contributed by atoms with van der Waals surface area (Å²) in [4.78, 5) is 12.1. The van der Waals surface area contributed by atoms with Gasteiger partial charge in [0.05, 0.1) is 6.61 Å². The molecule has 22 heavy (non-hydrogen) atoms. The van der Waals surface area contributed by atoms with Crippen molar-refractivity contribution >= 4 is 0 Å². The van der Waals surface area contributed by atoms with Crippen molar-refractivity contribution in [2.45, 2.75) is 56.2 Å². The van der Waals surface area contributed by atoms with E-state index in [0.29, 0.717) is 11.8 Å². The van der Waals surface area contributed by atoms with Crippen molar-refractivity contribution in [3.63, 3.8) is 0 Å². The van der Waals surface area contributed by atoms with Crippen molar-refractivity contribution in [1.82, 2.24) is 0 Å². The number of hydrogen-bond acceptors (Lipinski definition) is 4. The van der Waals surface area contributed by atoms with Gasteiger partial charge in [0.2, 0.25) is 5.79 Å². The lowest BCUT2D eigenvalue weighted by Gasteiger charge is -2.56. The van der Waals surface area contributed by atoms with Crippen LogP contribution in [0.5, 0.6) is 0 Å². The normalized spacial score (nSPS) is 46.8. The number of fused-ring (bicyclic) bond motifs is 2. The second-order valence-corrected chi connectivity index (χ2v) is 7.11. The Morgan fingerprint density at radius 3 is 2.59 bits per heavy atom. The molecule has 4 saturated heterocycles. The van der Waals surface area contributed by atoms with Gasteiger partial charge in [-0.15, -0.1) is 0 Å². The fourth-order valence-corrected chi connectivity index (χ4v) is 5.02. The van der Waals surface area contributed by atoms with Gasteiger partial charge in [-0.1, -0.05) is 36.8 Å². The first-order chi connectivity index (χ1) is 10.8. The van der Waals surface area contributed by atoms with Gasteiger partial charge in [0, 0.05) is 12.0 Å². The molecule has 5 fully saturated rings. The Morgan fingerprint density at radius 1 is 0.909 bits per heavy atom. The molecule has 0 aromatic heterocycles. The molecule has 4 heterocycles. The van der Waals surface area contributed by atoms with Crippen LogP contribution in [-0.4, -0.2) is 18.5 Å². The van der Waals surface area contributed by atoms with Gasteiger partial charge >= 0.3 is 0 Å². The van der Waals surface area contributed by atoms with Crippen molar-refractivity contribution in [2.24, 2.45) is 11.8 Å². The zero-order valence-electron chi connectivity index (χ0n) is 12.7. The quantitative estimate of drug-likeness (QED) is 0.744. The third-order valence-electron chi connectivity index (χ3n) is 6.14. The minimum absolute atomic E-state index is 0.298. The van der Waals surface area contributed by atoms with Crippen LogP contribution >= 0.6 is 0 Å². The van der Waals surface area contributed by atoms with E-state index in [4.69, 9.17) is 19.2 Å². The molecule has 5 atom stereocenters. The van der Waals surface area contributed by atoms with Crippen LogP contribution in [0.1, 0.15) is 44.1 Å². The topological polar surface area (TPSA) is 36.9 Å². The summed E-state index contributed by atoms with van der Waals surface area (Å²) >= 11 is 0. The molecule has 0 unspecified atom stereocenters. The average molecular weight is 302 g/mol. The van der Waals surface area contributed by atoms with Crippen molar-refractivity contribution in [3.05, 3.63) is 35.9 Å². The molecule has 6 rings (SSSR count). The zero-order valence-corrected chi connectivity index (χ0v) is 12.7. The molecule has 1 saturated carbocycles. The molecule has 1 spiro atoms. The van der Waals surface area contributed by atoms with E-state index < -0.39 is 5.79 Å². The van der Waals surface area contributed by atoms with Gasteiger partial charge in [0.1, 0.15) is 0 Å². The first-order valence-corrected chi connectivity index (χ1v) is 8.55. The van der Waals surface area contributed by atoms with Gasteiger partial charge in [0.25, 0.3) is 0 Å². The second-order valence-electron chi connectivity index (χ2n) is 7.11. The lowest BCUT2D eigenvalue weighted by molar-refractivity contribution is -0.573. The molecule has 0 N–H and O–H groups in total. The summed E-state index contributed by atoms with van der Waals surface area (Å²) in [6, 6.07) is 10.1. The Kier molecular flexibility index (Phi) is 2.93. The molecular weight excluding hydrogens is 280 g/mol. The fourth-order valence-electron chi connectivity index (χ4n) is 5.02. The molecule has 4 aliphatic heterocycles. The summed E-state index contributed by atoms with van der Waals surface area (Å²) < 4.78 is 12.5. The number of benzene rings is 1. The highest BCUT2D eigenvalue weighted by atomic mass is 17.3. The minimum atomic E-state index is -0.809. The molecule has 4 nitrogen and oxygen atoms in total. The molecule has 0 amide bonds. The smallest absolute Gasteiger partial charge is 0.230 e. The van der Waals surface area contributed by atoms with Gasteiger partial charge in [-0.05, 0) is 37.5 Å². The molecule has 2 bridgehead atoms. The summed E-state index contributed by atoms with van der Waals surface area (Å²) in [5.74, 6) is 0.165. The maximum atomic E-state index is 6.45. The highest BCUT2D eigenvalue weighted by molar-refractivity contribution is 5.22. The van der Waals surface area contributed by atoms with Crippen molar-refractivity contribution in [2.75, 3.05) is 6.61 Å². The summed E-state index contributed by atoms with van der Waals surface area (Å²) in [6.45, 7) is 0.762. The molecular formula is C18H22O4. The van der Waals surface area contributed by atoms with Crippen LogP contribution in [0, 0.1) is 11.8 Å². The second kappa shape index (κ2) is 4.78. The summed E-state index contributed by atoms with van der Waals surface area (Å²) in [6.07, 6.45) is 6.33. The highest BCUT2D eigenvalue weighted by Gasteiger charge is 2.66. The molecule has 118 valence electrons. The van der Waals surface area contributed by atoms with Crippen molar-refractivity contribution in [3.8, 4) is 0 Å². The minimum Gasteiger partial charge on any atom is -0.349 e. The molecule has 5 aliphatic rings. The maximum absolute atomic E-state index is 6.45. The van der Waals surface area contributed by atoms with Crippen LogP contribution in [0.2, 0.25) is 0 Å². The van der Waals surface area contributed by atoms with Crippen LogP contribution < -0.4 is 0 Å². The predicted octanol–water partition coefficient (Wildman–Crippen LogP) is 3.51. The van der Waals surface area contributed by atoms with E-state index in [1.807, 2.05) is 18.2 Å². The van der Waals surface area contributed by atoms with E-state index >= 15 is 0 Å². The Morgan fingerprint density at radius 2 is 1.73 bits per heavy atom. The molecule has 1 aromatic rings. The third-order valence-corrected chi connectivity index (χ3v) is 6.14. The van der Waals surface area contributed by atoms with Gasteiger partial charge in [-0.3, -0.25) is 0 Å². The first-order valence-electron chi connectivity index (χ1n) is 8.55. The summed E-state index contributed by atoms with van der Waals surface area (Å²) in [7, 11) is 0. The third kappa shape index (κ3) is 1.67. The predicted molar refractivity (Wildman–Crippen MR) is 78.5 cm³/mol. The SMILES string of the molecule is c1ccc([C@@]23CC[C@H]4CCC[C@H]5CCO[C@@H](O2)[C@@]45OO3)cc1. The van der Waals surface area contributed by atoms with E-state index in [2.05, 4.69) is 12.1 Å². The number of rotatable bonds is 1. The Labute approximate surface area is 130 Å². The van der Waals surface area contributed by atoms with E-state index in [-0.39, 0.29) is 11.9 Å². The summed E-state index contributed by atoms with van der Waals surface area (Å²) in [5, 5.41) is 0. The van der Waals surface area contributed by atoms with Crippen LogP contribution in [-0.2, 0) is 25.0 Å².